The number of hydrogen-bond acceptors (Lipinski definition) is 3. The molecule has 0 atom stereocenters. The Labute approximate surface area is 99.7 Å². The van der Waals surface area contributed by atoms with Gasteiger partial charge in [-0.15, -0.1) is 0 Å². The second-order valence-corrected chi connectivity index (χ2v) is 3.92. The summed E-state index contributed by atoms with van der Waals surface area (Å²) in [6.07, 6.45) is 1.52. The molecule has 2 rings (SSSR count). The summed E-state index contributed by atoms with van der Waals surface area (Å²) in [6, 6.07) is 6.52. The highest BCUT2D eigenvalue weighted by molar-refractivity contribution is 5.44. The van der Waals surface area contributed by atoms with Gasteiger partial charge < -0.3 is 5.32 Å². The van der Waals surface area contributed by atoms with Crippen molar-refractivity contribution < 1.29 is 4.39 Å². The van der Waals surface area contributed by atoms with Crippen LogP contribution in [0.25, 0.3) is 0 Å². The van der Waals surface area contributed by atoms with Crippen LogP contribution in [-0.2, 0) is 6.54 Å². The third-order valence-electron chi connectivity index (χ3n) is 2.69. The van der Waals surface area contributed by atoms with Crippen LogP contribution in [0.5, 0.6) is 0 Å². The lowest BCUT2D eigenvalue weighted by molar-refractivity contribution is 0.626. The van der Waals surface area contributed by atoms with E-state index < -0.39 is 0 Å². The predicted octanol–water partition coefficient (Wildman–Crippen LogP) is 2.84. The normalized spacial score (nSPS) is 10.3. The van der Waals surface area contributed by atoms with Gasteiger partial charge in [0.2, 0.25) is 0 Å². The van der Waals surface area contributed by atoms with Crippen molar-refractivity contribution in [2.45, 2.75) is 20.4 Å². The zero-order chi connectivity index (χ0) is 12.3. The monoisotopic (exact) mass is 231 g/mol. The average molecular weight is 231 g/mol. The van der Waals surface area contributed by atoms with Gasteiger partial charge in [0.1, 0.15) is 18.0 Å². The van der Waals surface area contributed by atoms with Gasteiger partial charge in [-0.25, -0.2) is 14.4 Å². The Hall–Kier alpha value is -1.97. The van der Waals surface area contributed by atoms with Crippen LogP contribution < -0.4 is 5.32 Å². The molecule has 0 aliphatic carbocycles. The highest BCUT2D eigenvalue weighted by Gasteiger charge is 2.03. The van der Waals surface area contributed by atoms with Crippen LogP contribution in [0.1, 0.15) is 16.8 Å². The summed E-state index contributed by atoms with van der Waals surface area (Å²) in [7, 11) is 0. The van der Waals surface area contributed by atoms with Crippen molar-refractivity contribution in [2.75, 3.05) is 5.32 Å². The van der Waals surface area contributed by atoms with Crippen LogP contribution in [0.2, 0.25) is 0 Å². The van der Waals surface area contributed by atoms with E-state index in [0.717, 1.165) is 22.6 Å². The van der Waals surface area contributed by atoms with Crippen molar-refractivity contribution in [3.05, 3.63) is 53.2 Å². The van der Waals surface area contributed by atoms with Gasteiger partial charge in [-0.2, -0.15) is 0 Å². The van der Waals surface area contributed by atoms with E-state index in [9.17, 15) is 4.39 Å². The summed E-state index contributed by atoms with van der Waals surface area (Å²) < 4.78 is 13.0. The van der Waals surface area contributed by atoms with Crippen LogP contribution in [0, 0.1) is 19.7 Å². The smallest absolute Gasteiger partial charge is 0.132 e. The second kappa shape index (κ2) is 4.91. The summed E-state index contributed by atoms with van der Waals surface area (Å²) in [5, 5.41) is 3.18. The highest BCUT2D eigenvalue weighted by atomic mass is 19.1. The van der Waals surface area contributed by atoms with Gasteiger partial charge in [-0.1, -0.05) is 12.1 Å². The Morgan fingerprint density at radius 3 is 2.82 bits per heavy atom. The number of rotatable bonds is 3. The van der Waals surface area contributed by atoms with Crippen molar-refractivity contribution in [2.24, 2.45) is 0 Å². The van der Waals surface area contributed by atoms with Gasteiger partial charge in [0, 0.05) is 17.8 Å². The molecule has 1 N–H and O–H groups in total. The molecule has 1 aromatic heterocycles. The number of aromatic nitrogens is 2. The largest absolute Gasteiger partial charge is 0.366 e. The minimum atomic E-state index is -0.222. The van der Waals surface area contributed by atoms with Gasteiger partial charge in [0.25, 0.3) is 0 Å². The maximum absolute atomic E-state index is 13.0. The van der Waals surface area contributed by atoms with Crippen molar-refractivity contribution in [3.8, 4) is 0 Å². The maximum atomic E-state index is 13.0. The lowest BCUT2D eigenvalue weighted by Crippen LogP contribution is -2.05. The standard InChI is InChI=1S/C13H14FN3/c1-9-10(2)16-8-17-13(9)15-7-11-4-3-5-12(14)6-11/h3-6,8H,7H2,1-2H3,(H,15,16,17). The topological polar surface area (TPSA) is 37.8 Å². The number of anilines is 1. The Morgan fingerprint density at radius 1 is 1.24 bits per heavy atom. The molecule has 1 heterocycles. The van der Waals surface area contributed by atoms with Crippen LogP contribution in [0.15, 0.2) is 30.6 Å². The fraction of sp³-hybridized carbons (Fsp3) is 0.231. The van der Waals surface area contributed by atoms with Gasteiger partial charge in [0.15, 0.2) is 0 Å². The number of aryl methyl sites for hydroxylation is 1. The molecule has 0 aliphatic rings. The second-order valence-electron chi connectivity index (χ2n) is 3.92. The molecule has 0 unspecified atom stereocenters. The molecular formula is C13H14FN3. The summed E-state index contributed by atoms with van der Waals surface area (Å²) in [5.74, 6) is 0.571. The molecule has 0 spiro atoms. The van der Waals surface area contributed by atoms with Gasteiger partial charge in [-0.05, 0) is 31.5 Å². The molecule has 2 aromatic rings. The summed E-state index contributed by atoms with van der Waals surface area (Å²) in [4.78, 5) is 8.26. The minimum Gasteiger partial charge on any atom is -0.366 e. The summed E-state index contributed by atoms with van der Waals surface area (Å²) in [6.45, 7) is 4.45. The van der Waals surface area contributed by atoms with Gasteiger partial charge in [-0.3, -0.25) is 0 Å². The van der Waals surface area contributed by atoms with Crippen LogP contribution in [0.4, 0.5) is 10.2 Å². The fourth-order valence-corrected chi connectivity index (χ4v) is 1.55. The van der Waals surface area contributed by atoms with Crippen LogP contribution in [-0.4, -0.2) is 9.97 Å². The van der Waals surface area contributed by atoms with Gasteiger partial charge in [0.05, 0.1) is 0 Å². The van der Waals surface area contributed by atoms with E-state index in [1.54, 1.807) is 6.07 Å². The molecule has 4 heteroatoms. The zero-order valence-electron chi connectivity index (χ0n) is 9.87. The van der Waals surface area contributed by atoms with E-state index in [1.807, 2.05) is 19.9 Å². The zero-order valence-corrected chi connectivity index (χ0v) is 9.87. The molecule has 0 aliphatic heterocycles. The predicted molar refractivity (Wildman–Crippen MR) is 65.2 cm³/mol. The average Bonchev–Trinajstić information content (AvgIpc) is 2.31. The van der Waals surface area contributed by atoms with Crippen molar-refractivity contribution in [1.82, 2.24) is 9.97 Å². The first-order chi connectivity index (χ1) is 8.16. The van der Waals surface area contributed by atoms with Crippen LogP contribution in [0.3, 0.4) is 0 Å². The minimum absolute atomic E-state index is 0.222. The molecule has 88 valence electrons. The van der Waals surface area contributed by atoms with E-state index in [4.69, 9.17) is 0 Å². The van der Waals surface area contributed by atoms with Gasteiger partial charge >= 0.3 is 0 Å². The Morgan fingerprint density at radius 2 is 2.06 bits per heavy atom. The molecule has 0 amide bonds. The molecule has 0 saturated heterocycles. The first-order valence-electron chi connectivity index (χ1n) is 5.43. The Balaban J connectivity index is 2.10. The highest BCUT2D eigenvalue weighted by Crippen LogP contribution is 2.14. The van der Waals surface area contributed by atoms with E-state index in [0.29, 0.717) is 6.54 Å². The van der Waals surface area contributed by atoms with E-state index in [1.165, 1.54) is 18.5 Å². The third-order valence-corrected chi connectivity index (χ3v) is 2.69. The maximum Gasteiger partial charge on any atom is 0.132 e. The number of halogens is 1. The molecular weight excluding hydrogens is 217 g/mol. The summed E-state index contributed by atoms with van der Waals surface area (Å²) in [5.41, 5.74) is 2.85. The number of nitrogens with zero attached hydrogens (tertiary/aromatic N) is 2. The lowest BCUT2D eigenvalue weighted by atomic mass is 10.2. The van der Waals surface area contributed by atoms with Crippen molar-refractivity contribution in [3.63, 3.8) is 0 Å². The Kier molecular flexibility index (Phi) is 3.32. The molecule has 0 radical (unpaired) electrons. The Bertz CT molecular complexity index is 526. The van der Waals surface area contributed by atoms with Crippen molar-refractivity contribution in [1.29, 1.82) is 0 Å². The SMILES string of the molecule is Cc1ncnc(NCc2cccc(F)c2)c1C. The molecule has 0 bridgehead atoms. The third kappa shape index (κ3) is 2.78. The lowest BCUT2D eigenvalue weighted by Gasteiger charge is -2.09. The number of hydrogen-bond donors (Lipinski definition) is 1. The molecule has 3 nitrogen and oxygen atoms in total. The van der Waals surface area contributed by atoms with Crippen molar-refractivity contribution >= 4 is 5.82 Å². The van der Waals surface area contributed by atoms with E-state index in [2.05, 4.69) is 15.3 Å². The van der Waals surface area contributed by atoms with Crippen LogP contribution >= 0.6 is 0 Å². The fourth-order valence-electron chi connectivity index (χ4n) is 1.55. The quantitative estimate of drug-likeness (QED) is 0.882. The molecule has 0 fully saturated rings. The first-order valence-corrected chi connectivity index (χ1v) is 5.43. The van der Waals surface area contributed by atoms with E-state index >= 15 is 0 Å². The summed E-state index contributed by atoms with van der Waals surface area (Å²) >= 11 is 0. The number of nitrogens with one attached hydrogen (secondary N) is 1. The number of benzene rings is 1. The van der Waals surface area contributed by atoms with E-state index in [-0.39, 0.29) is 5.82 Å². The molecule has 0 saturated carbocycles. The molecule has 17 heavy (non-hydrogen) atoms. The first kappa shape index (κ1) is 11.5. The molecule has 1 aromatic carbocycles.